The van der Waals surface area contributed by atoms with E-state index < -0.39 is 10.0 Å². The Morgan fingerprint density at radius 1 is 1.00 bits per heavy atom. The zero-order chi connectivity index (χ0) is 26.8. The maximum Gasteiger partial charge on any atom is 0.264 e. The number of nitrogens with one attached hydrogen (secondary N) is 1. The minimum absolute atomic E-state index is 0.0980. The van der Waals surface area contributed by atoms with Crippen LogP contribution in [0.2, 0.25) is 0 Å². The van der Waals surface area contributed by atoms with Crippen molar-refractivity contribution in [2.45, 2.75) is 44.6 Å². The van der Waals surface area contributed by atoms with E-state index >= 15 is 0 Å². The van der Waals surface area contributed by atoms with Gasteiger partial charge in [0.25, 0.3) is 10.0 Å². The number of ether oxygens (including phenoxy) is 2. The molecule has 0 saturated carbocycles. The monoisotopic (exact) mass is 588 g/mol. The fourth-order valence-electron chi connectivity index (χ4n) is 3.68. The summed E-state index contributed by atoms with van der Waals surface area (Å²) in [6.45, 7) is 6.41. The Labute approximate surface area is 228 Å². The molecule has 0 aliphatic carbocycles. The molecule has 3 aromatic carbocycles. The molecule has 3 rings (SSSR count). The number of hydrogen-bond acceptors (Lipinski definition) is 5. The molecule has 0 heterocycles. The van der Waals surface area contributed by atoms with Crippen molar-refractivity contribution in [3.8, 4) is 11.5 Å². The van der Waals surface area contributed by atoms with E-state index in [9.17, 15) is 13.2 Å². The number of sulfonamides is 1. The van der Waals surface area contributed by atoms with E-state index in [4.69, 9.17) is 9.47 Å². The second-order valence-corrected chi connectivity index (χ2v) is 11.4. The third-order valence-electron chi connectivity index (χ3n) is 5.36. The summed E-state index contributed by atoms with van der Waals surface area (Å²) in [7, 11) is -3.98. The molecule has 0 aliphatic rings. The number of benzene rings is 3. The number of rotatable bonds is 13. The van der Waals surface area contributed by atoms with Crippen LogP contribution in [-0.4, -0.2) is 40.1 Å². The summed E-state index contributed by atoms with van der Waals surface area (Å²) >= 11 is 3.33. The van der Waals surface area contributed by atoms with Gasteiger partial charge in [-0.2, -0.15) is 0 Å². The van der Waals surface area contributed by atoms with Gasteiger partial charge in [0.15, 0.2) is 0 Å². The van der Waals surface area contributed by atoms with Crippen LogP contribution in [0.1, 0.15) is 32.8 Å². The SMILES string of the molecule is CCOc1ccc(N(CC(=O)NCCCc2cccc(OC(C)C)c2)S(=O)(=O)c2ccc(Br)cc2)cc1. The lowest BCUT2D eigenvalue weighted by Crippen LogP contribution is -2.41. The van der Waals surface area contributed by atoms with Crippen molar-refractivity contribution in [1.29, 1.82) is 0 Å². The highest BCUT2D eigenvalue weighted by molar-refractivity contribution is 9.10. The summed E-state index contributed by atoms with van der Waals surface area (Å²) in [5, 5.41) is 2.86. The fourth-order valence-corrected chi connectivity index (χ4v) is 5.36. The van der Waals surface area contributed by atoms with Gasteiger partial charge in [-0.15, -0.1) is 0 Å². The van der Waals surface area contributed by atoms with Gasteiger partial charge in [-0.1, -0.05) is 28.1 Å². The number of hydrogen-bond donors (Lipinski definition) is 1. The van der Waals surface area contributed by atoms with Gasteiger partial charge in [-0.05, 0) is 99.8 Å². The number of aryl methyl sites for hydroxylation is 1. The standard InChI is InChI=1S/C28H33BrN2O5S/c1-4-35-25-14-12-24(13-15-25)31(37(33,34)27-16-10-23(29)11-17-27)20-28(32)30-18-6-8-22-7-5-9-26(19-22)36-21(2)3/h5,7,9-17,19,21H,4,6,8,18,20H2,1-3H3,(H,30,32). The summed E-state index contributed by atoms with van der Waals surface area (Å²) < 4.78 is 40.1. The molecular formula is C28H33BrN2O5S. The van der Waals surface area contributed by atoms with Gasteiger partial charge in [0.1, 0.15) is 18.0 Å². The summed E-state index contributed by atoms with van der Waals surface area (Å²) in [4.78, 5) is 12.9. The molecule has 0 radical (unpaired) electrons. The van der Waals surface area contributed by atoms with Crippen LogP contribution in [0.15, 0.2) is 82.2 Å². The first-order chi connectivity index (χ1) is 17.7. The second-order valence-electron chi connectivity index (χ2n) is 8.66. The predicted octanol–water partition coefficient (Wildman–Crippen LogP) is 5.58. The van der Waals surface area contributed by atoms with Gasteiger partial charge < -0.3 is 14.8 Å². The molecule has 0 bridgehead atoms. The van der Waals surface area contributed by atoms with Gasteiger partial charge in [0.05, 0.1) is 23.3 Å². The maximum atomic E-state index is 13.5. The molecule has 0 aromatic heterocycles. The van der Waals surface area contributed by atoms with E-state index in [1.165, 1.54) is 12.1 Å². The molecule has 7 nitrogen and oxygen atoms in total. The Hall–Kier alpha value is -3.04. The first-order valence-corrected chi connectivity index (χ1v) is 14.5. The topological polar surface area (TPSA) is 84.9 Å². The normalized spacial score (nSPS) is 11.3. The highest BCUT2D eigenvalue weighted by atomic mass is 79.9. The van der Waals surface area contributed by atoms with Crippen LogP contribution in [0, 0.1) is 0 Å². The van der Waals surface area contributed by atoms with E-state index in [1.54, 1.807) is 36.4 Å². The molecular weight excluding hydrogens is 556 g/mol. The Balaban J connectivity index is 1.67. The molecule has 0 atom stereocenters. The van der Waals surface area contributed by atoms with Crippen LogP contribution < -0.4 is 19.1 Å². The van der Waals surface area contributed by atoms with Crippen molar-refractivity contribution in [3.63, 3.8) is 0 Å². The largest absolute Gasteiger partial charge is 0.494 e. The van der Waals surface area contributed by atoms with Crippen molar-refractivity contribution in [3.05, 3.63) is 82.8 Å². The lowest BCUT2D eigenvalue weighted by molar-refractivity contribution is -0.119. The van der Waals surface area contributed by atoms with Gasteiger partial charge in [0, 0.05) is 11.0 Å². The van der Waals surface area contributed by atoms with E-state index in [1.807, 2.05) is 45.0 Å². The lowest BCUT2D eigenvalue weighted by atomic mass is 10.1. The number of carbonyl (C=O) groups excluding carboxylic acids is 1. The quantitative estimate of drug-likeness (QED) is 0.263. The molecule has 1 N–H and O–H groups in total. The number of amides is 1. The summed E-state index contributed by atoms with van der Waals surface area (Å²) in [5.41, 5.74) is 1.49. The molecule has 0 fully saturated rings. The Bertz CT molecular complexity index is 1260. The Kier molecular flexibility index (Phi) is 10.4. The number of nitrogens with zero attached hydrogens (tertiary/aromatic N) is 1. The van der Waals surface area contributed by atoms with Crippen LogP contribution in [-0.2, 0) is 21.2 Å². The highest BCUT2D eigenvalue weighted by Gasteiger charge is 2.27. The van der Waals surface area contributed by atoms with Crippen LogP contribution >= 0.6 is 15.9 Å². The van der Waals surface area contributed by atoms with Crippen LogP contribution in [0.3, 0.4) is 0 Å². The van der Waals surface area contributed by atoms with Gasteiger partial charge in [-0.25, -0.2) is 8.42 Å². The van der Waals surface area contributed by atoms with Crippen LogP contribution in [0.25, 0.3) is 0 Å². The first kappa shape index (κ1) is 28.5. The number of halogens is 1. The average molecular weight is 590 g/mol. The molecule has 0 saturated heterocycles. The smallest absolute Gasteiger partial charge is 0.264 e. The minimum Gasteiger partial charge on any atom is -0.494 e. The zero-order valence-electron chi connectivity index (χ0n) is 21.3. The first-order valence-electron chi connectivity index (χ1n) is 12.2. The van der Waals surface area contributed by atoms with Crippen LogP contribution in [0.4, 0.5) is 5.69 Å². The van der Waals surface area contributed by atoms with Gasteiger partial charge in [0.2, 0.25) is 5.91 Å². The lowest BCUT2D eigenvalue weighted by Gasteiger charge is -2.24. The van der Waals surface area contributed by atoms with Gasteiger partial charge in [-0.3, -0.25) is 9.10 Å². The molecule has 0 aliphatic heterocycles. The average Bonchev–Trinajstić information content (AvgIpc) is 2.86. The molecule has 0 unspecified atom stereocenters. The number of carbonyl (C=O) groups is 1. The van der Waals surface area contributed by atoms with E-state index in [2.05, 4.69) is 21.2 Å². The molecule has 0 spiro atoms. The molecule has 1 amide bonds. The summed E-state index contributed by atoms with van der Waals surface area (Å²) in [6, 6.07) is 20.9. The second kappa shape index (κ2) is 13.5. The number of anilines is 1. The Morgan fingerprint density at radius 2 is 1.70 bits per heavy atom. The molecule has 37 heavy (non-hydrogen) atoms. The molecule has 9 heteroatoms. The zero-order valence-corrected chi connectivity index (χ0v) is 23.7. The Morgan fingerprint density at radius 3 is 2.35 bits per heavy atom. The summed E-state index contributed by atoms with van der Waals surface area (Å²) in [5.74, 6) is 1.06. The maximum absolute atomic E-state index is 13.5. The van der Waals surface area contributed by atoms with Crippen molar-refractivity contribution < 1.29 is 22.7 Å². The minimum atomic E-state index is -3.98. The molecule has 198 valence electrons. The third kappa shape index (κ3) is 8.50. The van der Waals surface area contributed by atoms with Crippen molar-refractivity contribution in [2.75, 3.05) is 24.0 Å². The van der Waals surface area contributed by atoms with Crippen LogP contribution in [0.5, 0.6) is 11.5 Å². The predicted molar refractivity (Wildman–Crippen MR) is 150 cm³/mol. The van der Waals surface area contributed by atoms with Crippen molar-refractivity contribution >= 4 is 37.5 Å². The van der Waals surface area contributed by atoms with Crippen molar-refractivity contribution in [2.24, 2.45) is 0 Å². The van der Waals surface area contributed by atoms with E-state index in [-0.39, 0.29) is 23.5 Å². The molecule has 3 aromatic rings. The van der Waals surface area contributed by atoms with Crippen molar-refractivity contribution in [1.82, 2.24) is 5.32 Å². The van der Waals surface area contributed by atoms with E-state index in [0.717, 1.165) is 26.5 Å². The van der Waals surface area contributed by atoms with Gasteiger partial charge >= 0.3 is 0 Å². The third-order valence-corrected chi connectivity index (χ3v) is 7.68. The highest BCUT2D eigenvalue weighted by Crippen LogP contribution is 2.26. The summed E-state index contributed by atoms with van der Waals surface area (Å²) in [6.07, 6.45) is 1.57. The fraction of sp³-hybridized carbons (Fsp3) is 0.321. The van der Waals surface area contributed by atoms with E-state index in [0.29, 0.717) is 31.0 Å².